The summed E-state index contributed by atoms with van der Waals surface area (Å²) in [7, 11) is 0. The average Bonchev–Trinajstić information content (AvgIpc) is 2.56. The van der Waals surface area contributed by atoms with Gasteiger partial charge in [-0.25, -0.2) is 0 Å². The van der Waals surface area contributed by atoms with E-state index in [0.29, 0.717) is 6.10 Å². The third kappa shape index (κ3) is 2.42. The van der Waals surface area contributed by atoms with E-state index in [9.17, 15) is 0 Å². The molecule has 0 radical (unpaired) electrons. The topological polar surface area (TPSA) is 47.0 Å². The van der Waals surface area contributed by atoms with E-state index >= 15 is 0 Å². The van der Waals surface area contributed by atoms with Gasteiger partial charge < -0.3 is 10.1 Å². The number of aromatic nitrogens is 2. The van der Waals surface area contributed by atoms with Gasteiger partial charge in [-0.05, 0) is 25.8 Å². The van der Waals surface area contributed by atoms with Crippen LogP contribution in [0.5, 0.6) is 5.19 Å². The van der Waals surface area contributed by atoms with Gasteiger partial charge in [-0.15, -0.1) is 5.10 Å². The Balaban J connectivity index is 1.82. The van der Waals surface area contributed by atoms with E-state index < -0.39 is 0 Å². The molecule has 1 aromatic heterocycles. The summed E-state index contributed by atoms with van der Waals surface area (Å²) in [5.74, 6) is 0. The fourth-order valence-corrected chi connectivity index (χ4v) is 1.94. The van der Waals surface area contributed by atoms with Gasteiger partial charge in [0.15, 0.2) is 0 Å². The summed E-state index contributed by atoms with van der Waals surface area (Å²) < 4.78 is 5.63. The van der Waals surface area contributed by atoms with Gasteiger partial charge in [0.05, 0.1) is 0 Å². The highest BCUT2D eigenvalue weighted by molar-refractivity contribution is 7.13. The summed E-state index contributed by atoms with van der Waals surface area (Å²) in [6.45, 7) is 3.83. The number of hydrogen-bond acceptors (Lipinski definition) is 5. The molecule has 1 aromatic rings. The van der Waals surface area contributed by atoms with Gasteiger partial charge in [0.25, 0.3) is 5.19 Å². The Kier molecular flexibility index (Phi) is 3.31. The lowest BCUT2D eigenvalue weighted by Gasteiger charge is -2.24. The van der Waals surface area contributed by atoms with Crippen LogP contribution >= 0.6 is 11.3 Å². The first-order valence-electron chi connectivity index (χ1n) is 5.08. The van der Waals surface area contributed by atoms with Crippen LogP contribution in [0.3, 0.4) is 0 Å². The van der Waals surface area contributed by atoms with Gasteiger partial charge in [-0.1, -0.05) is 23.4 Å². The molecule has 0 aliphatic heterocycles. The van der Waals surface area contributed by atoms with Crippen LogP contribution in [0.25, 0.3) is 0 Å². The highest BCUT2D eigenvalue weighted by atomic mass is 32.1. The fraction of sp³-hybridized carbons (Fsp3) is 0.778. The van der Waals surface area contributed by atoms with Crippen LogP contribution in [-0.4, -0.2) is 22.8 Å². The molecule has 1 aliphatic rings. The zero-order valence-corrected chi connectivity index (χ0v) is 9.14. The van der Waals surface area contributed by atoms with E-state index in [-0.39, 0.29) is 0 Å². The van der Waals surface area contributed by atoms with Crippen molar-refractivity contribution in [1.29, 1.82) is 0 Å². The summed E-state index contributed by atoms with van der Waals surface area (Å²) in [5, 5.41) is 13.0. The molecule has 0 unspecified atom stereocenters. The van der Waals surface area contributed by atoms with Crippen molar-refractivity contribution in [3.63, 3.8) is 0 Å². The Morgan fingerprint density at radius 2 is 2.36 bits per heavy atom. The molecule has 5 heteroatoms. The van der Waals surface area contributed by atoms with E-state index in [1.54, 1.807) is 11.3 Å². The van der Waals surface area contributed by atoms with Gasteiger partial charge in [0, 0.05) is 6.54 Å². The Bertz CT molecular complexity index is 285. The normalized spacial score (nSPS) is 16.6. The summed E-state index contributed by atoms with van der Waals surface area (Å²) in [6, 6.07) is 0. The van der Waals surface area contributed by atoms with Crippen LogP contribution in [0.15, 0.2) is 0 Å². The smallest absolute Gasteiger partial charge is 0.294 e. The van der Waals surface area contributed by atoms with Crippen LogP contribution in [0.1, 0.15) is 31.2 Å². The molecule has 14 heavy (non-hydrogen) atoms. The van der Waals surface area contributed by atoms with Crippen LogP contribution in [0.4, 0.5) is 0 Å². The van der Waals surface area contributed by atoms with Gasteiger partial charge in [-0.3, -0.25) is 0 Å². The molecule has 0 amide bonds. The molecule has 1 aliphatic carbocycles. The van der Waals surface area contributed by atoms with Crippen LogP contribution < -0.4 is 10.1 Å². The van der Waals surface area contributed by atoms with Crippen LogP contribution in [0.2, 0.25) is 0 Å². The van der Waals surface area contributed by atoms with E-state index in [2.05, 4.69) is 22.4 Å². The lowest BCUT2D eigenvalue weighted by Crippen LogP contribution is -2.24. The Morgan fingerprint density at radius 1 is 1.50 bits per heavy atom. The van der Waals surface area contributed by atoms with Crippen molar-refractivity contribution in [1.82, 2.24) is 15.5 Å². The first kappa shape index (κ1) is 9.86. The molecule has 1 heterocycles. The van der Waals surface area contributed by atoms with Crippen molar-refractivity contribution < 1.29 is 4.74 Å². The molecule has 0 atom stereocenters. The highest BCUT2D eigenvalue weighted by Gasteiger charge is 2.20. The second kappa shape index (κ2) is 4.70. The monoisotopic (exact) mass is 213 g/mol. The largest absolute Gasteiger partial charge is 0.466 e. The number of hydrogen-bond donors (Lipinski definition) is 1. The third-order valence-electron chi connectivity index (χ3n) is 2.29. The van der Waals surface area contributed by atoms with Crippen molar-refractivity contribution in [3.8, 4) is 5.19 Å². The SMILES string of the molecule is CCNCc1nnc(OC2CCC2)s1. The number of rotatable bonds is 5. The second-order valence-corrected chi connectivity index (χ2v) is 4.44. The minimum atomic E-state index is 0.398. The first-order chi connectivity index (χ1) is 6.88. The Hall–Kier alpha value is -0.680. The van der Waals surface area contributed by atoms with Crippen LogP contribution in [0, 0.1) is 0 Å². The van der Waals surface area contributed by atoms with Gasteiger partial charge in [-0.2, -0.15) is 0 Å². The lowest BCUT2D eigenvalue weighted by atomic mass is 9.96. The molecule has 78 valence electrons. The highest BCUT2D eigenvalue weighted by Crippen LogP contribution is 2.27. The lowest BCUT2D eigenvalue weighted by molar-refractivity contribution is 0.119. The summed E-state index contributed by atoms with van der Waals surface area (Å²) >= 11 is 1.54. The van der Waals surface area contributed by atoms with Gasteiger partial charge >= 0.3 is 0 Å². The van der Waals surface area contributed by atoms with Crippen molar-refractivity contribution >= 4 is 11.3 Å². The first-order valence-corrected chi connectivity index (χ1v) is 5.90. The summed E-state index contributed by atoms with van der Waals surface area (Å²) in [6.07, 6.45) is 4.02. The maximum absolute atomic E-state index is 5.63. The zero-order chi connectivity index (χ0) is 9.80. The van der Waals surface area contributed by atoms with E-state index in [1.807, 2.05) is 0 Å². The maximum Gasteiger partial charge on any atom is 0.294 e. The molecular formula is C9H15N3OS. The number of nitrogens with one attached hydrogen (secondary N) is 1. The fourth-order valence-electron chi connectivity index (χ4n) is 1.22. The minimum Gasteiger partial charge on any atom is -0.466 e. The average molecular weight is 213 g/mol. The summed E-state index contributed by atoms with van der Waals surface area (Å²) in [5.41, 5.74) is 0. The van der Waals surface area contributed by atoms with Gasteiger partial charge in [0.2, 0.25) is 0 Å². The zero-order valence-electron chi connectivity index (χ0n) is 8.32. The molecule has 4 nitrogen and oxygen atoms in total. The predicted molar refractivity (Wildman–Crippen MR) is 55.6 cm³/mol. The van der Waals surface area contributed by atoms with E-state index in [1.165, 1.54) is 19.3 Å². The van der Waals surface area contributed by atoms with E-state index in [4.69, 9.17) is 4.74 Å². The second-order valence-electron chi connectivity index (χ2n) is 3.41. The molecule has 1 saturated carbocycles. The third-order valence-corrected chi connectivity index (χ3v) is 3.11. The molecule has 0 bridgehead atoms. The Labute approximate surface area is 87.7 Å². The molecular weight excluding hydrogens is 198 g/mol. The predicted octanol–water partition coefficient (Wildman–Crippen LogP) is 1.58. The molecule has 0 aromatic carbocycles. The van der Waals surface area contributed by atoms with Crippen LogP contribution in [-0.2, 0) is 6.54 Å². The minimum absolute atomic E-state index is 0.398. The number of nitrogens with zero attached hydrogens (tertiary/aromatic N) is 2. The van der Waals surface area contributed by atoms with Crippen molar-refractivity contribution in [2.24, 2.45) is 0 Å². The van der Waals surface area contributed by atoms with Crippen molar-refractivity contribution in [2.45, 2.75) is 38.8 Å². The standard InChI is InChI=1S/C9H15N3OS/c1-2-10-6-8-11-12-9(14-8)13-7-4-3-5-7/h7,10H,2-6H2,1H3. The summed E-state index contributed by atoms with van der Waals surface area (Å²) in [4.78, 5) is 0. The van der Waals surface area contributed by atoms with Crippen molar-refractivity contribution in [2.75, 3.05) is 6.54 Å². The molecule has 1 fully saturated rings. The maximum atomic E-state index is 5.63. The molecule has 0 spiro atoms. The van der Waals surface area contributed by atoms with Gasteiger partial charge in [0.1, 0.15) is 11.1 Å². The Morgan fingerprint density at radius 3 is 3.00 bits per heavy atom. The molecule has 0 saturated heterocycles. The van der Waals surface area contributed by atoms with Crippen molar-refractivity contribution in [3.05, 3.63) is 5.01 Å². The molecule has 2 rings (SSSR count). The van der Waals surface area contributed by atoms with E-state index in [0.717, 1.165) is 23.3 Å². The molecule has 1 N–H and O–H groups in total. The number of ether oxygens (including phenoxy) is 1. The quantitative estimate of drug-likeness (QED) is 0.806.